The Morgan fingerprint density at radius 1 is 1.22 bits per heavy atom. The minimum Gasteiger partial charge on any atom is -0.490 e. The number of ether oxygens (including phenoxy) is 2. The van der Waals surface area contributed by atoms with Crippen LogP contribution in [-0.2, 0) is 9.59 Å². The Bertz CT molecular complexity index is 613. The topological polar surface area (TPSA) is 100 Å². The minimum atomic E-state index is -0.435. The van der Waals surface area contributed by atoms with E-state index in [1.54, 1.807) is 19.9 Å². The second-order valence-electron chi connectivity index (χ2n) is 4.35. The second kappa shape index (κ2) is 9.69. The third-order valence-corrected chi connectivity index (χ3v) is 3.20. The van der Waals surface area contributed by atoms with Crippen molar-refractivity contribution in [1.29, 1.82) is 5.26 Å². The fourth-order valence-electron chi connectivity index (χ4n) is 1.66. The Morgan fingerprint density at radius 2 is 1.96 bits per heavy atom. The minimum absolute atomic E-state index is 0.108. The predicted octanol–water partition coefficient (Wildman–Crippen LogP) is 1.35. The predicted molar refractivity (Wildman–Crippen MR) is 87.2 cm³/mol. The van der Waals surface area contributed by atoms with Crippen molar-refractivity contribution in [3.8, 4) is 17.6 Å². The summed E-state index contributed by atoms with van der Waals surface area (Å²) < 4.78 is 11.4. The monoisotopic (exact) mass is 383 g/mol. The molecule has 0 saturated heterocycles. The van der Waals surface area contributed by atoms with Crippen LogP contribution in [0, 0.1) is 11.3 Å². The summed E-state index contributed by atoms with van der Waals surface area (Å²) in [7, 11) is 0. The van der Waals surface area contributed by atoms with Gasteiger partial charge in [0.25, 0.3) is 5.91 Å². The highest BCUT2D eigenvalue weighted by molar-refractivity contribution is 9.10. The van der Waals surface area contributed by atoms with Crippen molar-refractivity contribution in [2.24, 2.45) is 0 Å². The number of nitriles is 1. The highest BCUT2D eigenvalue weighted by Gasteiger charge is 2.14. The third-order valence-electron chi connectivity index (χ3n) is 2.61. The molecule has 1 aromatic carbocycles. The Hall–Kier alpha value is -2.27. The van der Waals surface area contributed by atoms with Crippen LogP contribution in [-0.4, -0.2) is 38.1 Å². The molecule has 8 heteroatoms. The Balaban J connectivity index is 2.68. The molecular formula is C15H18BrN3O4. The molecule has 0 aliphatic rings. The van der Waals surface area contributed by atoms with Gasteiger partial charge in [-0.3, -0.25) is 9.59 Å². The third kappa shape index (κ3) is 6.16. The number of hydrogen-bond donors (Lipinski definition) is 2. The first kappa shape index (κ1) is 18.8. The highest BCUT2D eigenvalue weighted by atomic mass is 79.9. The molecule has 2 amide bonds. The van der Waals surface area contributed by atoms with E-state index < -0.39 is 5.91 Å². The van der Waals surface area contributed by atoms with Gasteiger partial charge in [0.15, 0.2) is 18.1 Å². The van der Waals surface area contributed by atoms with Crippen LogP contribution in [0.4, 0.5) is 0 Å². The number of benzene rings is 1. The molecule has 23 heavy (non-hydrogen) atoms. The van der Waals surface area contributed by atoms with E-state index in [9.17, 15) is 9.59 Å². The molecule has 0 spiro atoms. The fraction of sp³-hybridized carbons (Fsp3) is 0.400. The van der Waals surface area contributed by atoms with Crippen molar-refractivity contribution in [2.75, 3.05) is 26.3 Å². The van der Waals surface area contributed by atoms with Crippen molar-refractivity contribution in [1.82, 2.24) is 10.6 Å². The molecule has 0 aromatic heterocycles. The first-order valence-electron chi connectivity index (χ1n) is 7.04. The maximum atomic E-state index is 11.7. The van der Waals surface area contributed by atoms with Gasteiger partial charge < -0.3 is 20.1 Å². The smallest absolute Gasteiger partial charge is 0.258 e. The van der Waals surface area contributed by atoms with Gasteiger partial charge in [-0.05, 0) is 35.8 Å². The van der Waals surface area contributed by atoms with Gasteiger partial charge in [0.2, 0.25) is 5.91 Å². The number of nitrogens with zero attached hydrogens (tertiary/aromatic N) is 1. The van der Waals surface area contributed by atoms with E-state index in [1.807, 2.05) is 6.07 Å². The van der Waals surface area contributed by atoms with E-state index in [1.165, 1.54) is 6.07 Å². The summed E-state index contributed by atoms with van der Waals surface area (Å²) in [6.45, 7) is 4.10. The van der Waals surface area contributed by atoms with Crippen molar-refractivity contribution in [3.63, 3.8) is 0 Å². The van der Waals surface area contributed by atoms with Gasteiger partial charge in [0.1, 0.15) is 0 Å². The van der Waals surface area contributed by atoms with Gasteiger partial charge in [-0.2, -0.15) is 5.26 Å². The molecule has 1 aromatic rings. The molecule has 1 rings (SSSR count). The molecule has 7 nitrogen and oxygen atoms in total. The number of hydrogen-bond acceptors (Lipinski definition) is 5. The molecule has 124 valence electrons. The zero-order chi connectivity index (χ0) is 17.2. The van der Waals surface area contributed by atoms with Crippen LogP contribution in [0.1, 0.15) is 19.4 Å². The van der Waals surface area contributed by atoms with Crippen LogP contribution >= 0.6 is 15.9 Å². The zero-order valence-electron chi connectivity index (χ0n) is 12.9. The Kier molecular flexibility index (Phi) is 7.91. The standard InChI is InChI=1S/C15H18BrN3O4/c1-3-18-13(20)8-19-14(21)9-23-15-11(16)5-10(7-17)6-12(15)22-4-2/h5-6H,3-4,8-9H2,1-2H3,(H,18,20)(H,19,21). The summed E-state index contributed by atoms with van der Waals surface area (Å²) in [5.74, 6) is -0.000619. The Morgan fingerprint density at radius 3 is 2.57 bits per heavy atom. The maximum Gasteiger partial charge on any atom is 0.258 e. The molecule has 0 heterocycles. The molecule has 0 fully saturated rings. The summed E-state index contributed by atoms with van der Waals surface area (Å²) in [6, 6.07) is 5.13. The van der Waals surface area contributed by atoms with E-state index in [-0.39, 0.29) is 19.1 Å². The number of rotatable bonds is 8. The number of carbonyl (C=O) groups is 2. The van der Waals surface area contributed by atoms with Crippen LogP contribution in [0.25, 0.3) is 0 Å². The van der Waals surface area contributed by atoms with Crippen LogP contribution in [0.2, 0.25) is 0 Å². The van der Waals surface area contributed by atoms with Gasteiger partial charge in [-0.25, -0.2) is 0 Å². The van der Waals surface area contributed by atoms with Crippen LogP contribution in [0.5, 0.6) is 11.5 Å². The van der Waals surface area contributed by atoms with Crippen LogP contribution < -0.4 is 20.1 Å². The van der Waals surface area contributed by atoms with Crippen molar-refractivity contribution >= 4 is 27.7 Å². The molecule has 2 N–H and O–H groups in total. The lowest BCUT2D eigenvalue weighted by Crippen LogP contribution is -2.38. The van der Waals surface area contributed by atoms with Crippen LogP contribution in [0.3, 0.4) is 0 Å². The van der Waals surface area contributed by atoms with Gasteiger partial charge >= 0.3 is 0 Å². The Labute approximate surface area is 143 Å². The molecule has 0 saturated carbocycles. The van der Waals surface area contributed by atoms with E-state index in [0.29, 0.717) is 34.7 Å². The zero-order valence-corrected chi connectivity index (χ0v) is 14.5. The number of carbonyl (C=O) groups excluding carboxylic acids is 2. The van der Waals surface area contributed by atoms with Crippen molar-refractivity contribution < 1.29 is 19.1 Å². The summed E-state index contributed by atoms with van der Waals surface area (Å²) >= 11 is 3.29. The average molecular weight is 384 g/mol. The largest absolute Gasteiger partial charge is 0.490 e. The second-order valence-corrected chi connectivity index (χ2v) is 5.20. The molecular weight excluding hydrogens is 366 g/mol. The molecule has 0 radical (unpaired) electrons. The molecule has 0 bridgehead atoms. The quantitative estimate of drug-likeness (QED) is 0.705. The highest BCUT2D eigenvalue weighted by Crippen LogP contribution is 2.36. The summed E-state index contributed by atoms with van der Waals surface area (Å²) in [5.41, 5.74) is 0.411. The summed E-state index contributed by atoms with van der Waals surface area (Å²) in [4.78, 5) is 23.0. The first-order valence-corrected chi connectivity index (χ1v) is 7.83. The lowest BCUT2D eigenvalue weighted by molar-refractivity contribution is -0.127. The number of likely N-dealkylation sites (N-methyl/N-ethyl adjacent to an activating group) is 1. The normalized spacial score (nSPS) is 9.65. The van der Waals surface area contributed by atoms with Gasteiger partial charge in [-0.1, -0.05) is 0 Å². The van der Waals surface area contributed by atoms with Gasteiger partial charge in [0, 0.05) is 12.6 Å². The molecule has 0 atom stereocenters. The van der Waals surface area contributed by atoms with E-state index in [4.69, 9.17) is 14.7 Å². The number of amides is 2. The maximum absolute atomic E-state index is 11.7. The van der Waals surface area contributed by atoms with E-state index >= 15 is 0 Å². The number of nitrogens with one attached hydrogen (secondary N) is 2. The average Bonchev–Trinajstić information content (AvgIpc) is 2.52. The number of halogens is 1. The summed E-state index contributed by atoms with van der Waals surface area (Å²) in [5, 5.41) is 14.0. The first-order chi connectivity index (χ1) is 11.0. The van der Waals surface area contributed by atoms with Crippen LogP contribution in [0.15, 0.2) is 16.6 Å². The van der Waals surface area contributed by atoms with Gasteiger partial charge in [-0.15, -0.1) is 0 Å². The van der Waals surface area contributed by atoms with Gasteiger partial charge in [0.05, 0.1) is 29.3 Å². The SMILES string of the molecule is CCNC(=O)CNC(=O)COc1c(Br)cc(C#N)cc1OCC. The molecule has 0 aliphatic heterocycles. The van der Waals surface area contributed by atoms with Crippen molar-refractivity contribution in [2.45, 2.75) is 13.8 Å². The molecule has 0 aliphatic carbocycles. The lowest BCUT2D eigenvalue weighted by atomic mass is 10.2. The van der Waals surface area contributed by atoms with E-state index in [2.05, 4.69) is 26.6 Å². The van der Waals surface area contributed by atoms with E-state index in [0.717, 1.165) is 0 Å². The van der Waals surface area contributed by atoms with Crippen molar-refractivity contribution in [3.05, 3.63) is 22.2 Å². The lowest BCUT2D eigenvalue weighted by Gasteiger charge is -2.14. The molecule has 0 unspecified atom stereocenters. The summed E-state index contributed by atoms with van der Waals surface area (Å²) in [6.07, 6.45) is 0. The fourth-order valence-corrected chi connectivity index (χ4v) is 2.22.